The second-order valence-corrected chi connectivity index (χ2v) is 6.11. The highest BCUT2D eigenvalue weighted by Crippen LogP contribution is 2.13. The molecular weight excluding hydrogens is 276 g/mol. The summed E-state index contributed by atoms with van der Waals surface area (Å²) >= 11 is 0. The Morgan fingerprint density at radius 1 is 0.818 bits per heavy atom. The minimum atomic E-state index is -0.708. The van der Waals surface area contributed by atoms with E-state index in [1.54, 1.807) is 0 Å². The third-order valence-corrected chi connectivity index (χ3v) is 3.97. The van der Waals surface area contributed by atoms with Crippen molar-refractivity contribution in [2.75, 3.05) is 0 Å². The van der Waals surface area contributed by atoms with E-state index in [0.29, 0.717) is 0 Å². The number of allylic oxidation sites excluding steroid dienone is 2. The molecule has 0 aliphatic rings. The van der Waals surface area contributed by atoms with Crippen LogP contribution in [0.5, 0.6) is 0 Å². The molecule has 0 amide bonds. The quantitative estimate of drug-likeness (QED) is 0.227. The summed E-state index contributed by atoms with van der Waals surface area (Å²) in [4.78, 5) is 21.4. The summed E-state index contributed by atoms with van der Waals surface area (Å²) in [5.74, 6) is -0.708. The molecule has 0 bridgehead atoms. The van der Waals surface area contributed by atoms with E-state index in [-0.39, 0.29) is 6.42 Å². The molecule has 0 aromatic heterocycles. The van der Waals surface area contributed by atoms with E-state index in [1.165, 1.54) is 38.5 Å². The van der Waals surface area contributed by atoms with Crippen molar-refractivity contribution in [3.63, 3.8) is 0 Å². The first-order valence-corrected chi connectivity index (χ1v) is 9.06. The summed E-state index contributed by atoms with van der Waals surface area (Å²) in [6, 6.07) is 0. The minimum absolute atomic E-state index is 0.276. The van der Waals surface area contributed by atoms with Gasteiger partial charge in [0.25, 0.3) is 0 Å². The summed E-state index contributed by atoms with van der Waals surface area (Å²) in [5.41, 5.74) is 0.944. The van der Waals surface area contributed by atoms with Crippen LogP contribution in [0.1, 0.15) is 96.8 Å². The van der Waals surface area contributed by atoms with Crippen LogP contribution in [0.2, 0.25) is 0 Å². The highest BCUT2D eigenvalue weighted by atomic mass is 16.4. The van der Waals surface area contributed by atoms with Gasteiger partial charge < -0.3 is 5.11 Å². The number of aldehydes is 1. The van der Waals surface area contributed by atoms with E-state index < -0.39 is 5.97 Å². The van der Waals surface area contributed by atoms with E-state index in [4.69, 9.17) is 5.11 Å². The van der Waals surface area contributed by atoms with Gasteiger partial charge in [-0.25, -0.2) is 0 Å². The number of hydrogen-bond acceptors (Lipinski definition) is 2. The molecule has 0 aliphatic carbocycles. The maximum absolute atomic E-state index is 11.0. The van der Waals surface area contributed by atoms with Crippen molar-refractivity contribution in [3.8, 4) is 0 Å². The van der Waals surface area contributed by atoms with Gasteiger partial charge in [-0.15, -0.1) is 0 Å². The molecule has 0 fully saturated rings. The third kappa shape index (κ3) is 15.3. The van der Waals surface area contributed by atoms with Crippen LogP contribution in [0.15, 0.2) is 11.6 Å². The SMILES string of the molecule is CCCCCCCCC=C(C=O)CCCCCCCC(=O)O. The van der Waals surface area contributed by atoms with E-state index >= 15 is 0 Å². The third-order valence-electron chi connectivity index (χ3n) is 3.97. The van der Waals surface area contributed by atoms with Crippen LogP contribution >= 0.6 is 0 Å². The summed E-state index contributed by atoms with van der Waals surface area (Å²) in [6.45, 7) is 2.23. The summed E-state index contributed by atoms with van der Waals surface area (Å²) < 4.78 is 0. The van der Waals surface area contributed by atoms with E-state index in [9.17, 15) is 9.59 Å². The van der Waals surface area contributed by atoms with Gasteiger partial charge in [-0.2, -0.15) is 0 Å². The van der Waals surface area contributed by atoms with E-state index in [0.717, 1.165) is 56.8 Å². The standard InChI is InChI=1S/C19H34O3/c1-2-3-4-5-6-8-11-14-18(17-20)15-12-9-7-10-13-16-19(21)22/h14,17H,2-13,15-16H2,1H3,(H,21,22). The molecule has 0 aromatic rings. The van der Waals surface area contributed by atoms with Gasteiger partial charge in [0.05, 0.1) is 0 Å². The van der Waals surface area contributed by atoms with Gasteiger partial charge >= 0.3 is 5.97 Å². The molecule has 0 saturated heterocycles. The van der Waals surface area contributed by atoms with Gasteiger partial charge in [-0.05, 0) is 37.7 Å². The maximum atomic E-state index is 11.0. The van der Waals surface area contributed by atoms with Gasteiger partial charge in [-0.1, -0.05) is 64.4 Å². The number of carboxylic acid groups (broad SMARTS) is 1. The van der Waals surface area contributed by atoms with Crippen LogP contribution < -0.4 is 0 Å². The van der Waals surface area contributed by atoms with Crippen molar-refractivity contribution < 1.29 is 14.7 Å². The van der Waals surface area contributed by atoms with Crippen LogP contribution in [0.3, 0.4) is 0 Å². The van der Waals surface area contributed by atoms with Crippen molar-refractivity contribution in [1.82, 2.24) is 0 Å². The minimum Gasteiger partial charge on any atom is -0.481 e. The first-order chi connectivity index (χ1) is 10.7. The van der Waals surface area contributed by atoms with Crippen LogP contribution in [0, 0.1) is 0 Å². The van der Waals surface area contributed by atoms with Gasteiger partial charge in [0.2, 0.25) is 0 Å². The first-order valence-electron chi connectivity index (χ1n) is 9.06. The smallest absolute Gasteiger partial charge is 0.303 e. The van der Waals surface area contributed by atoms with Crippen molar-refractivity contribution in [2.45, 2.75) is 96.8 Å². The number of carboxylic acids is 1. The normalized spacial score (nSPS) is 11.6. The van der Waals surface area contributed by atoms with E-state index in [1.807, 2.05) is 0 Å². The number of carbonyl (C=O) groups excluding carboxylic acids is 1. The molecule has 3 heteroatoms. The van der Waals surface area contributed by atoms with Gasteiger partial charge in [0.15, 0.2) is 0 Å². The molecule has 22 heavy (non-hydrogen) atoms. The topological polar surface area (TPSA) is 54.4 Å². The Hall–Kier alpha value is -1.12. The molecule has 0 atom stereocenters. The zero-order chi connectivity index (χ0) is 16.5. The fraction of sp³-hybridized carbons (Fsp3) is 0.789. The van der Waals surface area contributed by atoms with Gasteiger partial charge in [0, 0.05) is 6.42 Å². The Bertz CT molecular complexity index is 308. The Morgan fingerprint density at radius 3 is 1.95 bits per heavy atom. The average molecular weight is 310 g/mol. The lowest BCUT2D eigenvalue weighted by Gasteiger charge is -2.02. The Balaban J connectivity index is 3.50. The van der Waals surface area contributed by atoms with Crippen LogP contribution in [-0.2, 0) is 9.59 Å². The second-order valence-electron chi connectivity index (χ2n) is 6.11. The average Bonchev–Trinajstić information content (AvgIpc) is 2.50. The van der Waals surface area contributed by atoms with E-state index in [2.05, 4.69) is 13.0 Å². The Morgan fingerprint density at radius 2 is 1.36 bits per heavy atom. The van der Waals surface area contributed by atoms with Crippen molar-refractivity contribution in [3.05, 3.63) is 11.6 Å². The molecule has 0 aromatic carbocycles. The number of carbonyl (C=O) groups is 2. The first kappa shape index (κ1) is 20.9. The molecule has 0 heterocycles. The Labute approximate surface area is 136 Å². The molecule has 0 rings (SSSR count). The maximum Gasteiger partial charge on any atom is 0.303 e. The molecule has 128 valence electrons. The van der Waals surface area contributed by atoms with Crippen LogP contribution in [-0.4, -0.2) is 17.4 Å². The van der Waals surface area contributed by atoms with Crippen LogP contribution in [0.25, 0.3) is 0 Å². The predicted molar refractivity (Wildman–Crippen MR) is 92.1 cm³/mol. The highest BCUT2D eigenvalue weighted by molar-refractivity contribution is 5.72. The largest absolute Gasteiger partial charge is 0.481 e. The number of unbranched alkanes of at least 4 members (excludes halogenated alkanes) is 10. The molecule has 1 N–H and O–H groups in total. The number of aliphatic carboxylic acids is 1. The summed E-state index contributed by atoms with van der Waals surface area (Å²) in [7, 11) is 0. The molecule has 0 spiro atoms. The summed E-state index contributed by atoms with van der Waals surface area (Å²) in [5, 5.41) is 8.54. The van der Waals surface area contributed by atoms with Crippen molar-refractivity contribution in [2.24, 2.45) is 0 Å². The molecule has 0 aliphatic heterocycles. The zero-order valence-corrected chi connectivity index (χ0v) is 14.3. The van der Waals surface area contributed by atoms with Crippen LogP contribution in [0.4, 0.5) is 0 Å². The lowest BCUT2D eigenvalue weighted by Crippen LogP contribution is -1.93. The zero-order valence-electron chi connectivity index (χ0n) is 14.3. The molecule has 0 unspecified atom stereocenters. The second kappa shape index (κ2) is 16.3. The molecular formula is C19H34O3. The lowest BCUT2D eigenvalue weighted by molar-refractivity contribution is -0.137. The monoisotopic (exact) mass is 310 g/mol. The van der Waals surface area contributed by atoms with Gasteiger partial charge in [-0.3, -0.25) is 9.59 Å². The molecule has 3 nitrogen and oxygen atoms in total. The number of hydrogen-bond donors (Lipinski definition) is 1. The Kier molecular flexibility index (Phi) is 15.4. The predicted octanol–water partition coefficient (Wildman–Crippen LogP) is 5.68. The van der Waals surface area contributed by atoms with Crippen molar-refractivity contribution >= 4 is 12.3 Å². The fourth-order valence-electron chi connectivity index (χ4n) is 2.56. The van der Waals surface area contributed by atoms with Gasteiger partial charge in [0.1, 0.15) is 6.29 Å². The van der Waals surface area contributed by atoms with Crippen molar-refractivity contribution in [1.29, 1.82) is 0 Å². The highest BCUT2D eigenvalue weighted by Gasteiger charge is 1.99. The summed E-state index contributed by atoms with van der Waals surface area (Å²) in [6.07, 6.45) is 17.9. The number of rotatable bonds is 16. The molecule has 0 saturated carbocycles. The lowest BCUT2D eigenvalue weighted by atomic mass is 10.0. The molecule has 0 radical (unpaired) electrons. The fourth-order valence-corrected chi connectivity index (χ4v) is 2.56.